The summed E-state index contributed by atoms with van der Waals surface area (Å²) < 4.78 is 37.1. The lowest BCUT2D eigenvalue weighted by molar-refractivity contribution is -0.199. The van der Waals surface area contributed by atoms with Crippen LogP contribution in [0, 0.1) is 0 Å². The molecule has 6 N–H and O–H groups in total. The molecule has 0 fully saturated rings. The van der Waals surface area contributed by atoms with Crippen molar-refractivity contribution in [2.45, 2.75) is 13.1 Å². The second kappa shape index (κ2) is 15.4. The number of esters is 1. The van der Waals surface area contributed by atoms with Crippen molar-refractivity contribution >= 4 is 34.4 Å². The number of carbonyl (C=O) groups excluding carboxylic acids is 2. The molecule has 0 saturated heterocycles. The molecule has 6 nitrogen and oxygen atoms in total. The quantitative estimate of drug-likeness (QED) is 0.246. The monoisotopic (exact) mass is 304 g/mol. The molecule has 0 unspecified atom stereocenters. The van der Waals surface area contributed by atoms with Gasteiger partial charge in [-0.25, -0.2) is 4.79 Å². The zero-order valence-electron chi connectivity index (χ0n) is 8.68. The summed E-state index contributed by atoms with van der Waals surface area (Å²) in [5.41, 5.74) is 0. The highest BCUT2D eigenvalue weighted by atomic mass is 35.5. The number of carbonyl (C=O) groups is 2. The van der Waals surface area contributed by atoms with Crippen LogP contribution in [0.1, 0.15) is 6.92 Å². The summed E-state index contributed by atoms with van der Waals surface area (Å²) in [5, 5.41) is -0.508. The lowest BCUT2D eigenvalue weighted by Crippen LogP contribution is -2.25. The van der Waals surface area contributed by atoms with E-state index in [1.165, 1.54) is 6.92 Å². The second-order valence-electron chi connectivity index (χ2n) is 1.71. The van der Waals surface area contributed by atoms with Gasteiger partial charge in [0.25, 0.3) is 0 Å². The van der Waals surface area contributed by atoms with Gasteiger partial charge in [-0.3, -0.25) is 16.5 Å². The van der Waals surface area contributed by atoms with Crippen LogP contribution in [0.5, 0.6) is 0 Å². The van der Waals surface area contributed by atoms with Crippen molar-refractivity contribution in [2.75, 3.05) is 12.5 Å². The molecule has 0 rings (SSSR count). The molecule has 0 aromatic heterocycles. The highest BCUT2D eigenvalue weighted by molar-refractivity contribution is 6.67. The molecule has 0 aliphatic heterocycles. The van der Waals surface area contributed by atoms with Gasteiger partial charge >= 0.3 is 12.1 Å². The van der Waals surface area contributed by atoms with Crippen LogP contribution in [-0.2, 0) is 14.3 Å². The molecule has 0 amide bonds. The average Bonchev–Trinajstić information content (AvgIpc) is 2.21. The zero-order valence-corrected chi connectivity index (χ0v) is 10.2. The van der Waals surface area contributed by atoms with Crippen LogP contribution in [0.4, 0.5) is 13.2 Å². The lowest BCUT2D eigenvalue weighted by Gasteiger charge is -2.02. The number of ether oxygens (including phenoxy) is 1. The van der Waals surface area contributed by atoms with Crippen molar-refractivity contribution in [3.8, 4) is 0 Å². The fourth-order valence-electron chi connectivity index (χ4n) is 0.213. The Morgan fingerprint density at radius 3 is 1.65 bits per heavy atom. The standard InChI is InChI=1S/C4H5F3O2.C2H2Cl2O.H4N2.H2O/c1-2-9-3(8)4(5,6)7;3-1-2(4)5;1-2;/h2H2,1H3;1H2;1-2H2;1H2. The van der Waals surface area contributed by atoms with Gasteiger partial charge in [0.15, 0.2) is 0 Å². The van der Waals surface area contributed by atoms with Crippen molar-refractivity contribution in [2.24, 2.45) is 11.7 Å². The SMILES string of the molecule is CCOC(=O)C(F)(F)F.NN.O.O=C(Cl)CCl. The first-order chi connectivity index (χ1) is 7.25. The fourth-order valence-corrected chi connectivity index (χ4v) is 0.213. The Hall–Kier alpha value is -0.610. The number of hydrogen-bond donors (Lipinski definition) is 2. The number of rotatable bonds is 2. The Balaban J connectivity index is -0.0000000910. The first kappa shape index (κ1) is 25.3. The molecule has 106 valence electrons. The molecule has 0 saturated carbocycles. The van der Waals surface area contributed by atoms with Gasteiger partial charge in [-0.2, -0.15) is 13.2 Å². The number of halogens is 5. The highest BCUT2D eigenvalue weighted by Gasteiger charge is 2.40. The predicted octanol–water partition coefficient (Wildman–Crippen LogP) is 0.0965. The summed E-state index contributed by atoms with van der Waals surface area (Å²) in [4.78, 5) is 19.2. The minimum absolute atomic E-state index is 0. The summed E-state index contributed by atoms with van der Waals surface area (Å²) in [6.07, 6.45) is -4.85. The Morgan fingerprint density at radius 2 is 1.59 bits per heavy atom. The van der Waals surface area contributed by atoms with E-state index >= 15 is 0 Å². The van der Waals surface area contributed by atoms with E-state index in [1.54, 1.807) is 0 Å². The number of hydrazine groups is 1. The van der Waals surface area contributed by atoms with Crippen LogP contribution in [-0.4, -0.2) is 35.4 Å². The largest absolute Gasteiger partial charge is 0.490 e. The molecule has 17 heavy (non-hydrogen) atoms. The maximum atomic E-state index is 11.2. The van der Waals surface area contributed by atoms with Crippen LogP contribution >= 0.6 is 23.2 Å². The number of alkyl halides is 4. The Kier molecular flexibility index (Phi) is 22.9. The van der Waals surface area contributed by atoms with Crippen LogP contribution in [0.2, 0.25) is 0 Å². The van der Waals surface area contributed by atoms with Gasteiger partial charge < -0.3 is 10.2 Å². The third kappa shape index (κ3) is 25.6. The fraction of sp³-hybridized carbons (Fsp3) is 0.667. The van der Waals surface area contributed by atoms with Crippen molar-refractivity contribution in [1.82, 2.24) is 0 Å². The van der Waals surface area contributed by atoms with E-state index in [0.29, 0.717) is 0 Å². The van der Waals surface area contributed by atoms with E-state index in [4.69, 9.17) is 23.2 Å². The Bertz CT molecular complexity index is 204. The highest BCUT2D eigenvalue weighted by Crippen LogP contribution is 2.15. The van der Waals surface area contributed by atoms with Gasteiger partial charge in [-0.15, -0.1) is 11.6 Å². The first-order valence-corrected chi connectivity index (χ1v) is 4.48. The molecule has 0 aliphatic rings. The average molecular weight is 305 g/mol. The van der Waals surface area contributed by atoms with Crippen LogP contribution in [0.3, 0.4) is 0 Å². The minimum atomic E-state index is -4.85. The topological polar surface area (TPSA) is 127 Å². The maximum Gasteiger partial charge on any atom is 0.490 e. The Morgan fingerprint density at radius 1 is 1.29 bits per heavy atom. The summed E-state index contributed by atoms with van der Waals surface area (Å²) in [5.74, 6) is 5.77. The predicted molar refractivity (Wildman–Crippen MR) is 56.3 cm³/mol. The van der Waals surface area contributed by atoms with Gasteiger partial charge in [0, 0.05) is 0 Å². The number of hydrogen-bond acceptors (Lipinski definition) is 5. The van der Waals surface area contributed by atoms with Crippen LogP contribution < -0.4 is 11.7 Å². The molecule has 11 heteroatoms. The summed E-state index contributed by atoms with van der Waals surface area (Å²) in [6.45, 7) is 1.06. The van der Waals surface area contributed by atoms with E-state index < -0.39 is 17.4 Å². The van der Waals surface area contributed by atoms with E-state index in [-0.39, 0.29) is 18.0 Å². The zero-order chi connectivity index (χ0) is 13.8. The molecule has 0 aromatic carbocycles. The Labute approximate surface area is 105 Å². The van der Waals surface area contributed by atoms with Gasteiger partial charge in [-0.1, -0.05) is 0 Å². The third-order valence-electron chi connectivity index (χ3n) is 0.612. The van der Waals surface area contributed by atoms with E-state index in [2.05, 4.69) is 16.4 Å². The van der Waals surface area contributed by atoms with Crippen molar-refractivity contribution in [3.05, 3.63) is 0 Å². The summed E-state index contributed by atoms with van der Waals surface area (Å²) in [7, 11) is 0. The summed E-state index contributed by atoms with van der Waals surface area (Å²) >= 11 is 9.55. The second-order valence-corrected chi connectivity index (χ2v) is 2.40. The molecule has 0 spiro atoms. The molecule has 0 aliphatic carbocycles. The third-order valence-corrected chi connectivity index (χ3v) is 1.13. The summed E-state index contributed by atoms with van der Waals surface area (Å²) in [6, 6.07) is 0. The molecule has 0 aromatic rings. The molecule has 0 atom stereocenters. The van der Waals surface area contributed by atoms with E-state index in [0.717, 1.165) is 0 Å². The molecular formula is C6H13Cl2F3N2O4. The van der Waals surface area contributed by atoms with E-state index in [9.17, 15) is 22.8 Å². The molecular weight excluding hydrogens is 292 g/mol. The first-order valence-electron chi connectivity index (χ1n) is 3.57. The molecule has 0 bridgehead atoms. The van der Waals surface area contributed by atoms with Crippen molar-refractivity contribution < 1.29 is 33.0 Å². The van der Waals surface area contributed by atoms with Crippen LogP contribution in [0.15, 0.2) is 0 Å². The van der Waals surface area contributed by atoms with Crippen molar-refractivity contribution in [3.63, 3.8) is 0 Å². The van der Waals surface area contributed by atoms with Gasteiger partial charge in [0.05, 0.1) is 12.5 Å². The molecule has 0 radical (unpaired) electrons. The normalized spacial score (nSPS) is 8.47. The van der Waals surface area contributed by atoms with Gasteiger partial charge in [-0.05, 0) is 18.5 Å². The van der Waals surface area contributed by atoms with Gasteiger partial charge in [0.2, 0.25) is 5.24 Å². The smallest absolute Gasteiger partial charge is 0.459 e. The molecule has 0 heterocycles. The van der Waals surface area contributed by atoms with Crippen LogP contribution in [0.25, 0.3) is 0 Å². The maximum absolute atomic E-state index is 11.2. The minimum Gasteiger partial charge on any atom is -0.459 e. The lowest BCUT2D eigenvalue weighted by atomic mass is 10.7. The van der Waals surface area contributed by atoms with E-state index in [1.807, 2.05) is 0 Å². The van der Waals surface area contributed by atoms with Gasteiger partial charge in [0.1, 0.15) is 0 Å². The number of nitrogens with two attached hydrogens (primary N) is 2. The van der Waals surface area contributed by atoms with Crippen molar-refractivity contribution in [1.29, 1.82) is 0 Å².